The Morgan fingerprint density at radius 3 is 2.36 bits per heavy atom. The van der Waals surface area contributed by atoms with Crippen LogP contribution in [0.3, 0.4) is 0 Å². The average Bonchev–Trinajstić information content (AvgIpc) is 3.39. The van der Waals surface area contributed by atoms with Gasteiger partial charge in [0.05, 0.1) is 37.7 Å². The van der Waals surface area contributed by atoms with Crippen LogP contribution >= 0.6 is 12.2 Å². The fourth-order valence-corrected chi connectivity index (χ4v) is 5.53. The van der Waals surface area contributed by atoms with Crippen LogP contribution in [0.5, 0.6) is 11.5 Å². The van der Waals surface area contributed by atoms with Gasteiger partial charge in [-0.2, -0.15) is 0 Å². The van der Waals surface area contributed by atoms with E-state index in [0.29, 0.717) is 5.11 Å². The Balaban J connectivity index is 1.73. The molecule has 36 heavy (non-hydrogen) atoms. The van der Waals surface area contributed by atoms with E-state index in [4.69, 9.17) is 26.7 Å². The molecule has 1 aliphatic rings. The maximum atomic E-state index is 5.94. The standard InChI is InChI=1S/C29H30N4O2S/c1-18-10-6-7-12-24(18)32-19(2)16-22(20(32)3)28-27(23-11-8-9-15-30-23)31-29(36)33(28)25-17-21(34-4)13-14-26(25)35-5/h6-17,27-28H,1-5H3,(H,31,36)/t27-,28+/m1/s1. The van der Waals surface area contributed by atoms with Gasteiger partial charge in [-0.25, -0.2) is 0 Å². The first-order valence-corrected chi connectivity index (χ1v) is 12.3. The number of methoxy groups -OCH3 is 2. The molecule has 0 aliphatic carbocycles. The smallest absolute Gasteiger partial charge is 0.174 e. The van der Waals surface area contributed by atoms with Crippen LogP contribution in [-0.4, -0.2) is 28.9 Å². The SMILES string of the molecule is COc1ccc(OC)c(N2C(=S)N[C@H](c3ccccn3)[C@@H]2c2cc(C)n(-c3ccccc3C)c2C)c1. The van der Waals surface area contributed by atoms with Crippen molar-refractivity contribution in [3.8, 4) is 17.2 Å². The Labute approximate surface area is 217 Å². The second-order valence-corrected chi connectivity index (χ2v) is 9.37. The number of thiocarbonyl (C=S) groups is 1. The maximum absolute atomic E-state index is 5.94. The summed E-state index contributed by atoms with van der Waals surface area (Å²) >= 11 is 5.94. The lowest BCUT2D eigenvalue weighted by Gasteiger charge is -2.29. The van der Waals surface area contributed by atoms with Gasteiger partial charge < -0.3 is 24.3 Å². The lowest BCUT2D eigenvalue weighted by Crippen LogP contribution is -2.30. The summed E-state index contributed by atoms with van der Waals surface area (Å²) in [6.45, 7) is 6.47. The fourth-order valence-electron chi connectivity index (χ4n) is 5.19. The molecule has 4 aromatic rings. The first kappa shape index (κ1) is 23.9. The minimum absolute atomic E-state index is 0.152. The van der Waals surface area contributed by atoms with Crippen molar-refractivity contribution in [3.63, 3.8) is 0 Å². The number of para-hydroxylation sites is 1. The van der Waals surface area contributed by atoms with Crippen molar-refractivity contribution in [2.75, 3.05) is 19.1 Å². The summed E-state index contributed by atoms with van der Waals surface area (Å²) in [6.07, 6.45) is 1.82. The van der Waals surface area contributed by atoms with Gasteiger partial charge in [-0.15, -0.1) is 0 Å². The predicted molar refractivity (Wildman–Crippen MR) is 147 cm³/mol. The molecular formula is C29H30N4O2S. The molecule has 6 nitrogen and oxygen atoms in total. The van der Waals surface area contributed by atoms with E-state index in [9.17, 15) is 0 Å². The number of aryl methyl sites for hydroxylation is 2. The van der Waals surface area contributed by atoms with Gasteiger partial charge in [-0.3, -0.25) is 4.98 Å². The summed E-state index contributed by atoms with van der Waals surface area (Å²) in [5, 5.41) is 4.17. The van der Waals surface area contributed by atoms with E-state index in [-0.39, 0.29) is 12.1 Å². The topological polar surface area (TPSA) is 51.6 Å². The minimum atomic E-state index is -0.155. The maximum Gasteiger partial charge on any atom is 0.174 e. The molecule has 0 saturated carbocycles. The van der Waals surface area contributed by atoms with Gasteiger partial charge in [-0.05, 0) is 80.5 Å². The summed E-state index contributed by atoms with van der Waals surface area (Å²) in [4.78, 5) is 6.83. The summed E-state index contributed by atoms with van der Waals surface area (Å²) in [5.41, 5.74) is 7.65. The van der Waals surface area contributed by atoms with Gasteiger partial charge in [0.2, 0.25) is 0 Å². The molecule has 1 N–H and O–H groups in total. The zero-order valence-corrected chi connectivity index (χ0v) is 22.0. The van der Waals surface area contributed by atoms with E-state index in [0.717, 1.165) is 34.3 Å². The number of hydrogen-bond acceptors (Lipinski definition) is 4. The van der Waals surface area contributed by atoms with Gasteiger partial charge in [0.25, 0.3) is 0 Å². The van der Waals surface area contributed by atoms with Crippen LogP contribution in [0.1, 0.15) is 40.3 Å². The molecule has 0 spiro atoms. The fraction of sp³-hybridized carbons (Fsp3) is 0.241. The molecule has 0 radical (unpaired) electrons. The van der Waals surface area contributed by atoms with Crippen molar-refractivity contribution in [2.45, 2.75) is 32.9 Å². The van der Waals surface area contributed by atoms with Crippen LogP contribution in [0.2, 0.25) is 0 Å². The number of nitrogens with zero attached hydrogens (tertiary/aromatic N) is 3. The van der Waals surface area contributed by atoms with E-state index in [2.05, 4.69) is 65.9 Å². The van der Waals surface area contributed by atoms with Crippen LogP contribution in [0, 0.1) is 20.8 Å². The predicted octanol–water partition coefficient (Wildman–Crippen LogP) is 5.99. The van der Waals surface area contributed by atoms with Gasteiger partial charge in [0.15, 0.2) is 5.11 Å². The third kappa shape index (κ3) is 3.99. The molecule has 7 heteroatoms. The molecule has 2 aromatic carbocycles. The van der Waals surface area contributed by atoms with Crippen LogP contribution in [0.15, 0.2) is 72.9 Å². The number of pyridine rings is 1. The molecule has 1 fully saturated rings. The third-order valence-electron chi connectivity index (χ3n) is 6.89. The number of anilines is 1. The van der Waals surface area contributed by atoms with Crippen LogP contribution in [0.4, 0.5) is 5.69 Å². The van der Waals surface area contributed by atoms with Crippen molar-refractivity contribution >= 4 is 23.0 Å². The quantitative estimate of drug-likeness (QED) is 0.330. The Morgan fingerprint density at radius 2 is 1.67 bits per heavy atom. The number of rotatable bonds is 6. The second kappa shape index (κ2) is 9.66. The number of aromatic nitrogens is 2. The normalized spacial score (nSPS) is 17.2. The summed E-state index contributed by atoms with van der Waals surface area (Å²) < 4.78 is 13.6. The second-order valence-electron chi connectivity index (χ2n) is 8.98. The Bertz CT molecular complexity index is 1420. The van der Waals surface area contributed by atoms with E-state index in [1.807, 2.05) is 42.6 Å². The van der Waals surface area contributed by atoms with Gasteiger partial charge >= 0.3 is 0 Å². The van der Waals surface area contributed by atoms with Crippen molar-refractivity contribution in [1.82, 2.24) is 14.9 Å². The number of hydrogen-bond donors (Lipinski definition) is 1. The molecule has 184 valence electrons. The van der Waals surface area contributed by atoms with Crippen LogP contribution < -0.4 is 19.7 Å². The highest BCUT2D eigenvalue weighted by atomic mass is 32.1. The highest BCUT2D eigenvalue weighted by molar-refractivity contribution is 7.80. The summed E-state index contributed by atoms with van der Waals surface area (Å²) in [6, 6.07) is 22.2. The van der Waals surface area contributed by atoms with Crippen LogP contribution in [-0.2, 0) is 0 Å². The van der Waals surface area contributed by atoms with E-state index in [1.165, 1.54) is 16.8 Å². The zero-order chi connectivity index (χ0) is 25.4. The van der Waals surface area contributed by atoms with Crippen molar-refractivity contribution in [3.05, 3.63) is 101 Å². The molecule has 0 unspecified atom stereocenters. The van der Waals surface area contributed by atoms with Gasteiger partial charge in [-0.1, -0.05) is 24.3 Å². The Kier molecular flexibility index (Phi) is 6.41. The van der Waals surface area contributed by atoms with Gasteiger partial charge in [0, 0.05) is 29.3 Å². The van der Waals surface area contributed by atoms with Crippen molar-refractivity contribution in [2.24, 2.45) is 0 Å². The molecule has 2 aromatic heterocycles. The zero-order valence-electron chi connectivity index (χ0n) is 21.1. The van der Waals surface area contributed by atoms with Crippen molar-refractivity contribution < 1.29 is 9.47 Å². The first-order valence-electron chi connectivity index (χ1n) is 11.9. The highest BCUT2D eigenvalue weighted by Crippen LogP contribution is 2.47. The van der Waals surface area contributed by atoms with E-state index < -0.39 is 0 Å². The van der Waals surface area contributed by atoms with Crippen molar-refractivity contribution in [1.29, 1.82) is 0 Å². The number of ether oxygens (including phenoxy) is 2. The molecule has 0 bridgehead atoms. The summed E-state index contributed by atoms with van der Waals surface area (Å²) in [7, 11) is 3.34. The summed E-state index contributed by atoms with van der Waals surface area (Å²) in [5.74, 6) is 1.46. The number of benzene rings is 2. The molecule has 2 atom stereocenters. The van der Waals surface area contributed by atoms with E-state index >= 15 is 0 Å². The Morgan fingerprint density at radius 1 is 0.889 bits per heavy atom. The molecule has 0 amide bonds. The number of nitrogens with one attached hydrogen (secondary N) is 1. The minimum Gasteiger partial charge on any atom is -0.497 e. The molecule has 1 saturated heterocycles. The molecule has 1 aliphatic heterocycles. The van der Waals surface area contributed by atoms with Crippen LogP contribution in [0.25, 0.3) is 5.69 Å². The third-order valence-corrected chi connectivity index (χ3v) is 7.20. The Hall–Kier alpha value is -3.84. The average molecular weight is 499 g/mol. The lowest BCUT2D eigenvalue weighted by molar-refractivity contribution is 0.403. The first-order chi connectivity index (χ1) is 17.4. The molecule has 5 rings (SSSR count). The lowest BCUT2D eigenvalue weighted by atomic mass is 9.96. The largest absolute Gasteiger partial charge is 0.497 e. The van der Waals surface area contributed by atoms with E-state index in [1.54, 1.807) is 14.2 Å². The molecular weight excluding hydrogens is 468 g/mol. The van der Waals surface area contributed by atoms with Gasteiger partial charge in [0.1, 0.15) is 11.5 Å². The molecule has 3 heterocycles. The highest BCUT2D eigenvalue weighted by Gasteiger charge is 2.43. The monoisotopic (exact) mass is 498 g/mol.